The Labute approximate surface area is 181 Å². The van der Waals surface area contributed by atoms with E-state index in [1.54, 1.807) is 13.3 Å². The molecule has 0 radical (unpaired) electrons. The lowest BCUT2D eigenvalue weighted by Gasteiger charge is -2.41. The Morgan fingerprint density at radius 2 is 1.87 bits per heavy atom. The van der Waals surface area contributed by atoms with E-state index >= 15 is 0 Å². The van der Waals surface area contributed by atoms with Crippen LogP contribution in [0.3, 0.4) is 0 Å². The molecule has 1 fully saturated rings. The second kappa shape index (κ2) is 8.02. The predicted molar refractivity (Wildman–Crippen MR) is 123 cm³/mol. The summed E-state index contributed by atoms with van der Waals surface area (Å²) in [6, 6.07) is 15.9. The number of hydrazone groups is 1. The van der Waals surface area contributed by atoms with Gasteiger partial charge in [-0.15, -0.1) is 0 Å². The van der Waals surface area contributed by atoms with Crippen LogP contribution in [-0.2, 0) is 11.8 Å². The molecule has 1 saturated carbocycles. The van der Waals surface area contributed by atoms with Crippen LogP contribution in [0, 0.1) is 0 Å². The Hall–Kier alpha value is -3.41. The van der Waals surface area contributed by atoms with Crippen molar-refractivity contribution in [3.63, 3.8) is 0 Å². The van der Waals surface area contributed by atoms with E-state index in [-0.39, 0.29) is 11.0 Å². The number of aromatic amines is 1. The molecule has 2 aromatic carbocycles. The van der Waals surface area contributed by atoms with Crippen molar-refractivity contribution in [3.05, 3.63) is 75.6 Å². The number of nitrogens with one attached hydrogen (secondary N) is 2. The minimum absolute atomic E-state index is 0.0523. The minimum atomic E-state index is -0.104. The van der Waals surface area contributed by atoms with Gasteiger partial charge in [-0.05, 0) is 54.7 Å². The molecule has 1 heterocycles. The highest BCUT2D eigenvalue weighted by molar-refractivity contribution is 5.80. The first-order valence-electron chi connectivity index (χ1n) is 10.8. The van der Waals surface area contributed by atoms with Gasteiger partial charge in [-0.2, -0.15) is 5.10 Å². The summed E-state index contributed by atoms with van der Waals surface area (Å²) in [4.78, 5) is 21.0. The summed E-state index contributed by atoms with van der Waals surface area (Å²) in [7, 11) is 1.64. The van der Waals surface area contributed by atoms with E-state index in [0.717, 1.165) is 60.2 Å². The van der Waals surface area contributed by atoms with Crippen LogP contribution in [0.4, 0.5) is 5.95 Å². The second-order valence-electron chi connectivity index (χ2n) is 8.46. The van der Waals surface area contributed by atoms with Gasteiger partial charge in [0.05, 0.1) is 24.6 Å². The minimum Gasteiger partial charge on any atom is -0.497 e. The molecule has 2 N–H and O–H groups in total. The van der Waals surface area contributed by atoms with Gasteiger partial charge in [0.15, 0.2) is 0 Å². The molecule has 0 atom stereocenters. The molecule has 3 aromatic rings. The number of fused-ring (bicyclic) bond motifs is 4. The van der Waals surface area contributed by atoms with E-state index in [9.17, 15) is 4.79 Å². The summed E-state index contributed by atoms with van der Waals surface area (Å²) in [5.74, 6) is 1.15. The lowest BCUT2D eigenvalue weighted by atomic mass is 9.62. The maximum atomic E-state index is 13.3. The van der Waals surface area contributed by atoms with Crippen LogP contribution >= 0.6 is 0 Å². The van der Waals surface area contributed by atoms with Crippen LogP contribution < -0.4 is 15.7 Å². The number of hydrogen-bond acceptors (Lipinski definition) is 5. The third kappa shape index (κ3) is 3.63. The van der Waals surface area contributed by atoms with Gasteiger partial charge in [0, 0.05) is 11.0 Å². The quantitative estimate of drug-likeness (QED) is 0.481. The summed E-state index contributed by atoms with van der Waals surface area (Å²) in [5.41, 5.74) is 7.66. The number of anilines is 1. The summed E-state index contributed by atoms with van der Waals surface area (Å²) in [6.07, 6.45) is 8.26. The molecule has 1 spiro atoms. The smallest absolute Gasteiger partial charge is 0.256 e. The van der Waals surface area contributed by atoms with Crippen LogP contribution in [0.5, 0.6) is 5.75 Å². The second-order valence-corrected chi connectivity index (χ2v) is 8.46. The van der Waals surface area contributed by atoms with Crippen molar-refractivity contribution in [2.45, 2.75) is 43.9 Å². The maximum Gasteiger partial charge on any atom is 0.256 e. The molecule has 6 nitrogen and oxygen atoms in total. The van der Waals surface area contributed by atoms with Gasteiger partial charge in [-0.1, -0.05) is 43.5 Å². The Balaban J connectivity index is 1.50. The topological polar surface area (TPSA) is 79.4 Å². The van der Waals surface area contributed by atoms with E-state index in [1.165, 1.54) is 12.0 Å². The molecule has 0 amide bonds. The average Bonchev–Trinajstić information content (AvgIpc) is 2.80. The zero-order valence-electron chi connectivity index (χ0n) is 17.6. The molecular formula is C25H26N4O2. The summed E-state index contributed by atoms with van der Waals surface area (Å²) < 4.78 is 5.18. The van der Waals surface area contributed by atoms with Crippen LogP contribution in [0.15, 0.2) is 58.4 Å². The number of nitrogens with zero attached hydrogens (tertiary/aromatic N) is 2. The summed E-state index contributed by atoms with van der Waals surface area (Å²) in [6.45, 7) is 0. The van der Waals surface area contributed by atoms with Gasteiger partial charge in [-0.25, -0.2) is 10.4 Å². The highest BCUT2D eigenvalue weighted by atomic mass is 16.5. The number of H-pyrrole nitrogens is 1. The van der Waals surface area contributed by atoms with E-state index in [0.29, 0.717) is 5.95 Å². The SMILES string of the molecule is COc1ccc(/C=N\Nc2nc3c(c(=O)[nH]2)C2(CCCCC2)Cc2ccccc2-3)cc1. The van der Waals surface area contributed by atoms with Crippen LogP contribution in [0.2, 0.25) is 0 Å². The largest absolute Gasteiger partial charge is 0.497 e. The number of hydrogen-bond donors (Lipinski definition) is 2. The zero-order chi connectivity index (χ0) is 21.3. The first-order chi connectivity index (χ1) is 15.2. The van der Waals surface area contributed by atoms with Gasteiger partial charge in [0.25, 0.3) is 5.56 Å². The lowest BCUT2D eigenvalue weighted by Crippen LogP contribution is -2.40. The molecule has 1 aromatic heterocycles. The number of aromatic nitrogens is 2. The number of rotatable bonds is 4. The Morgan fingerprint density at radius 3 is 2.65 bits per heavy atom. The van der Waals surface area contributed by atoms with Gasteiger partial charge in [0.2, 0.25) is 5.95 Å². The number of methoxy groups -OCH3 is 1. The molecule has 0 unspecified atom stereocenters. The predicted octanol–water partition coefficient (Wildman–Crippen LogP) is 4.65. The van der Waals surface area contributed by atoms with Crippen LogP contribution in [0.25, 0.3) is 11.3 Å². The Kier molecular flexibility index (Phi) is 5.06. The highest BCUT2D eigenvalue weighted by Crippen LogP contribution is 2.48. The van der Waals surface area contributed by atoms with Crippen molar-refractivity contribution in [1.82, 2.24) is 9.97 Å². The van der Waals surface area contributed by atoms with E-state index in [1.807, 2.05) is 30.3 Å². The molecule has 0 aliphatic heterocycles. The zero-order valence-corrected chi connectivity index (χ0v) is 17.6. The fourth-order valence-corrected chi connectivity index (χ4v) is 5.08. The highest BCUT2D eigenvalue weighted by Gasteiger charge is 2.42. The third-order valence-corrected chi connectivity index (χ3v) is 6.56. The van der Waals surface area contributed by atoms with Gasteiger partial charge in [0.1, 0.15) is 5.75 Å². The van der Waals surface area contributed by atoms with Crippen molar-refractivity contribution >= 4 is 12.2 Å². The van der Waals surface area contributed by atoms with E-state index in [2.05, 4.69) is 33.7 Å². The molecule has 2 aliphatic carbocycles. The normalized spacial score (nSPS) is 16.7. The van der Waals surface area contributed by atoms with Crippen molar-refractivity contribution in [2.75, 3.05) is 12.5 Å². The van der Waals surface area contributed by atoms with E-state index < -0.39 is 0 Å². The molecule has 6 heteroatoms. The van der Waals surface area contributed by atoms with Gasteiger partial charge < -0.3 is 4.74 Å². The average molecular weight is 415 g/mol. The van der Waals surface area contributed by atoms with Crippen LogP contribution in [0.1, 0.15) is 48.8 Å². The lowest BCUT2D eigenvalue weighted by molar-refractivity contribution is 0.285. The first-order valence-corrected chi connectivity index (χ1v) is 10.8. The van der Waals surface area contributed by atoms with Gasteiger partial charge in [-0.3, -0.25) is 9.78 Å². The fraction of sp³-hybridized carbons (Fsp3) is 0.320. The van der Waals surface area contributed by atoms with Crippen molar-refractivity contribution < 1.29 is 4.74 Å². The molecule has 158 valence electrons. The molecule has 5 rings (SSSR count). The molecule has 2 aliphatic rings. The number of benzene rings is 2. The maximum absolute atomic E-state index is 13.3. The van der Waals surface area contributed by atoms with Crippen molar-refractivity contribution in [1.29, 1.82) is 0 Å². The van der Waals surface area contributed by atoms with Crippen molar-refractivity contribution in [3.8, 4) is 17.0 Å². The summed E-state index contributed by atoms with van der Waals surface area (Å²) in [5, 5.41) is 4.27. The molecule has 31 heavy (non-hydrogen) atoms. The first kappa shape index (κ1) is 19.5. The van der Waals surface area contributed by atoms with Crippen molar-refractivity contribution in [2.24, 2.45) is 5.10 Å². The third-order valence-electron chi connectivity index (χ3n) is 6.56. The van der Waals surface area contributed by atoms with Crippen LogP contribution in [-0.4, -0.2) is 23.3 Å². The fourth-order valence-electron chi connectivity index (χ4n) is 5.08. The van der Waals surface area contributed by atoms with E-state index in [4.69, 9.17) is 9.72 Å². The standard InChI is InChI=1S/C25H26N4O2/c1-31-19-11-9-17(10-12-19)16-26-29-24-27-22-20-8-4-3-7-18(20)15-25(13-5-2-6-14-25)21(22)23(30)28-24/h3-4,7-12,16H,2,5-6,13-15H2,1H3,(H2,27,28,29,30)/b26-16-. The Morgan fingerprint density at radius 1 is 1.10 bits per heavy atom. The molecule has 0 bridgehead atoms. The number of ether oxygens (including phenoxy) is 1. The molecule has 0 saturated heterocycles. The van der Waals surface area contributed by atoms with Gasteiger partial charge >= 0.3 is 0 Å². The monoisotopic (exact) mass is 414 g/mol. The Bertz CT molecular complexity index is 1170. The molecular weight excluding hydrogens is 388 g/mol. The summed E-state index contributed by atoms with van der Waals surface area (Å²) >= 11 is 0.